The highest BCUT2D eigenvalue weighted by molar-refractivity contribution is 9.11. The lowest BCUT2D eigenvalue weighted by Crippen LogP contribution is -2.06. The summed E-state index contributed by atoms with van der Waals surface area (Å²) >= 11 is 4.99. The van der Waals surface area contributed by atoms with E-state index in [2.05, 4.69) is 15.9 Å². The topological polar surface area (TPSA) is 17.1 Å². The van der Waals surface area contributed by atoms with Crippen LogP contribution in [-0.2, 0) is 0 Å². The van der Waals surface area contributed by atoms with Gasteiger partial charge in [-0.3, -0.25) is 4.79 Å². The molecule has 1 heterocycles. The van der Waals surface area contributed by atoms with Crippen molar-refractivity contribution in [2.75, 3.05) is 0 Å². The highest BCUT2D eigenvalue weighted by atomic mass is 79.9. The zero-order valence-corrected chi connectivity index (χ0v) is 10.8. The van der Waals surface area contributed by atoms with Gasteiger partial charge in [-0.15, -0.1) is 11.3 Å². The van der Waals surface area contributed by atoms with Crippen LogP contribution in [0.2, 0.25) is 0 Å². The second kappa shape index (κ2) is 3.70. The Balaban J connectivity index is 1.61. The molecule has 80 valence electrons. The molecule has 0 amide bonds. The largest absolute Gasteiger partial charge is 0.294 e. The molecule has 0 aromatic carbocycles. The molecule has 1 aromatic heterocycles. The maximum absolute atomic E-state index is 11.9. The van der Waals surface area contributed by atoms with Crippen LogP contribution in [0.5, 0.6) is 0 Å². The molecule has 2 aliphatic rings. The predicted molar refractivity (Wildman–Crippen MR) is 65.3 cm³/mol. The minimum atomic E-state index is 0.336. The van der Waals surface area contributed by atoms with E-state index < -0.39 is 0 Å². The molecule has 0 saturated heterocycles. The van der Waals surface area contributed by atoms with Gasteiger partial charge in [0.2, 0.25) is 0 Å². The number of carbonyl (C=O) groups is 1. The van der Waals surface area contributed by atoms with Gasteiger partial charge in [-0.05, 0) is 59.0 Å². The van der Waals surface area contributed by atoms with Gasteiger partial charge in [0, 0.05) is 17.4 Å². The lowest BCUT2D eigenvalue weighted by atomic mass is 9.95. The van der Waals surface area contributed by atoms with E-state index in [0.717, 1.165) is 27.6 Å². The van der Waals surface area contributed by atoms with Crippen LogP contribution in [0, 0.1) is 17.8 Å². The second-order valence-electron chi connectivity index (χ2n) is 4.86. The highest BCUT2D eigenvalue weighted by Crippen LogP contribution is 2.55. The summed E-state index contributed by atoms with van der Waals surface area (Å²) in [5, 5.41) is 1.96. The molecule has 0 spiro atoms. The average Bonchev–Trinajstić information content (AvgIpc) is 2.63. The number of rotatable bonds is 3. The Labute approximate surface area is 102 Å². The van der Waals surface area contributed by atoms with Crippen molar-refractivity contribution >= 4 is 33.0 Å². The summed E-state index contributed by atoms with van der Waals surface area (Å²) < 4.78 is 1.06. The standard InChI is InChI=1S/C12H13BrOS/c13-12-5-10(6-15-12)11(14)3-7-1-8-4-9(8)2-7/h5-9H,1-4H2. The first-order valence-electron chi connectivity index (χ1n) is 5.49. The van der Waals surface area contributed by atoms with Crippen molar-refractivity contribution in [2.45, 2.75) is 25.7 Å². The van der Waals surface area contributed by atoms with E-state index in [1.807, 2.05) is 11.4 Å². The van der Waals surface area contributed by atoms with Crippen LogP contribution >= 0.6 is 27.3 Å². The molecule has 2 fully saturated rings. The van der Waals surface area contributed by atoms with Crippen LogP contribution in [0.1, 0.15) is 36.0 Å². The Morgan fingerprint density at radius 1 is 1.40 bits per heavy atom. The average molecular weight is 285 g/mol. The SMILES string of the molecule is O=C(CC1CC2CC2C1)c1csc(Br)c1. The third-order valence-electron chi connectivity index (χ3n) is 3.70. The Hall–Kier alpha value is -0.150. The molecule has 3 heteroatoms. The zero-order valence-electron chi connectivity index (χ0n) is 8.41. The fourth-order valence-corrected chi connectivity index (χ4v) is 4.00. The number of fused-ring (bicyclic) bond motifs is 1. The van der Waals surface area contributed by atoms with Crippen molar-refractivity contribution in [2.24, 2.45) is 17.8 Å². The van der Waals surface area contributed by atoms with E-state index in [-0.39, 0.29) is 0 Å². The summed E-state index contributed by atoms with van der Waals surface area (Å²) in [6.07, 6.45) is 4.83. The normalized spacial score (nSPS) is 32.7. The van der Waals surface area contributed by atoms with Crippen molar-refractivity contribution in [3.63, 3.8) is 0 Å². The molecule has 15 heavy (non-hydrogen) atoms. The second-order valence-corrected chi connectivity index (χ2v) is 7.15. The van der Waals surface area contributed by atoms with Gasteiger partial charge in [0.05, 0.1) is 3.79 Å². The van der Waals surface area contributed by atoms with E-state index in [4.69, 9.17) is 0 Å². The summed E-state index contributed by atoms with van der Waals surface area (Å²) in [5.41, 5.74) is 0.896. The molecule has 2 aliphatic carbocycles. The van der Waals surface area contributed by atoms with Gasteiger partial charge in [0.25, 0.3) is 0 Å². The molecule has 3 rings (SSSR count). The van der Waals surface area contributed by atoms with Gasteiger partial charge in [-0.2, -0.15) is 0 Å². The van der Waals surface area contributed by atoms with Crippen molar-refractivity contribution in [3.8, 4) is 0 Å². The Morgan fingerprint density at radius 3 is 2.73 bits per heavy atom. The molecule has 2 atom stereocenters. The zero-order chi connectivity index (χ0) is 10.4. The van der Waals surface area contributed by atoms with Crippen molar-refractivity contribution in [3.05, 3.63) is 20.8 Å². The van der Waals surface area contributed by atoms with Crippen LogP contribution in [0.4, 0.5) is 0 Å². The lowest BCUT2D eigenvalue weighted by molar-refractivity contribution is 0.0960. The Kier molecular flexibility index (Phi) is 2.48. The molecule has 1 aromatic rings. The van der Waals surface area contributed by atoms with Crippen LogP contribution < -0.4 is 0 Å². The fourth-order valence-electron chi connectivity index (χ4n) is 2.84. The maximum atomic E-state index is 11.9. The first-order chi connectivity index (χ1) is 7.22. The summed E-state index contributed by atoms with van der Waals surface area (Å²) in [7, 11) is 0. The van der Waals surface area contributed by atoms with E-state index >= 15 is 0 Å². The Morgan fingerprint density at radius 2 is 2.13 bits per heavy atom. The van der Waals surface area contributed by atoms with Gasteiger partial charge in [0.15, 0.2) is 5.78 Å². The van der Waals surface area contributed by atoms with Gasteiger partial charge in [-0.25, -0.2) is 0 Å². The van der Waals surface area contributed by atoms with Crippen molar-refractivity contribution in [1.29, 1.82) is 0 Å². The molecule has 0 bridgehead atoms. The first kappa shape index (κ1) is 10.0. The van der Waals surface area contributed by atoms with Crippen molar-refractivity contribution < 1.29 is 4.79 Å². The molecule has 0 radical (unpaired) electrons. The number of hydrogen-bond acceptors (Lipinski definition) is 2. The summed E-state index contributed by atoms with van der Waals surface area (Å²) in [4.78, 5) is 11.9. The van der Waals surface area contributed by atoms with Gasteiger partial charge >= 0.3 is 0 Å². The quantitative estimate of drug-likeness (QED) is 0.763. The third kappa shape index (κ3) is 2.04. The number of Topliss-reactive ketones (excluding diaryl/α,β-unsaturated/α-hetero) is 1. The van der Waals surface area contributed by atoms with E-state index in [9.17, 15) is 4.79 Å². The maximum Gasteiger partial charge on any atom is 0.164 e. The monoisotopic (exact) mass is 284 g/mol. The molecule has 2 saturated carbocycles. The molecule has 0 N–H and O–H groups in total. The number of ketones is 1. The van der Waals surface area contributed by atoms with E-state index in [1.54, 1.807) is 11.3 Å². The number of thiophene rings is 1. The summed E-state index contributed by atoms with van der Waals surface area (Å²) in [5.74, 6) is 2.98. The molecule has 2 unspecified atom stereocenters. The summed E-state index contributed by atoms with van der Waals surface area (Å²) in [6.45, 7) is 0. The van der Waals surface area contributed by atoms with Crippen LogP contribution in [0.15, 0.2) is 15.2 Å². The molecule has 0 aliphatic heterocycles. The highest BCUT2D eigenvalue weighted by Gasteiger charge is 2.45. The molecular weight excluding hydrogens is 272 g/mol. The minimum absolute atomic E-state index is 0.336. The van der Waals surface area contributed by atoms with E-state index in [0.29, 0.717) is 11.7 Å². The minimum Gasteiger partial charge on any atom is -0.294 e. The van der Waals surface area contributed by atoms with Gasteiger partial charge < -0.3 is 0 Å². The number of hydrogen-bond donors (Lipinski definition) is 0. The smallest absolute Gasteiger partial charge is 0.164 e. The Bertz CT molecular complexity index is 388. The van der Waals surface area contributed by atoms with Crippen LogP contribution in [-0.4, -0.2) is 5.78 Å². The lowest BCUT2D eigenvalue weighted by Gasteiger charge is -2.09. The van der Waals surface area contributed by atoms with Crippen molar-refractivity contribution in [1.82, 2.24) is 0 Å². The van der Waals surface area contributed by atoms with Gasteiger partial charge in [0.1, 0.15) is 0 Å². The fraction of sp³-hybridized carbons (Fsp3) is 0.583. The first-order valence-corrected chi connectivity index (χ1v) is 7.17. The molecule has 1 nitrogen and oxygen atoms in total. The molecular formula is C12H13BrOS. The van der Waals surface area contributed by atoms with Crippen LogP contribution in [0.25, 0.3) is 0 Å². The van der Waals surface area contributed by atoms with Gasteiger partial charge in [-0.1, -0.05) is 0 Å². The predicted octanol–water partition coefficient (Wildman–Crippen LogP) is 4.13. The number of halogens is 1. The summed E-state index contributed by atoms with van der Waals surface area (Å²) in [6, 6.07) is 1.95. The van der Waals surface area contributed by atoms with E-state index in [1.165, 1.54) is 19.3 Å². The third-order valence-corrected chi connectivity index (χ3v) is 5.21. The van der Waals surface area contributed by atoms with Crippen LogP contribution in [0.3, 0.4) is 0 Å². The number of carbonyl (C=O) groups excluding carboxylic acids is 1.